The lowest BCUT2D eigenvalue weighted by atomic mass is 10.0. The first-order valence-corrected chi connectivity index (χ1v) is 6.01. The summed E-state index contributed by atoms with van der Waals surface area (Å²) in [5.74, 6) is -0.00671. The molecule has 0 radical (unpaired) electrons. The van der Waals surface area contributed by atoms with Crippen LogP contribution in [0.5, 0.6) is 0 Å². The molecule has 98 valence electrons. The van der Waals surface area contributed by atoms with E-state index in [1.54, 1.807) is 7.05 Å². The average molecular weight is 258 g/mol. The van der Waals surface area contributed by atoms with E-state index in [0.717, 1.165) is 22.5 Å². The van der Waals surface area contributed by atoms with Crippen molar-refractivity contribution in [3.8, 4) is 11.3 Å². The number of aromatic amines is 1. The molecule has 6 heteroatoms. The maximum atomic E-state index is 11.9. The van der Waals surface area contributed by atoms with Gasteiger partial charge in [-0.1, -0.05) is 6.07 Å². The molecule has 0 bridgehead atoms. The molecule has 0 aliphatic carbocycles. The van der Waals surface area contributed by atoms with Crippen LogP contribution in [-0.2, 0) is 24.8 Å². The maximum absolute atomic E-state index is 11.9. The Balaban J connectivity index is 2.14. The number of nitrogens with zero attached hydrogens (tertiary/aromatic N) is 1. The van der Waals surface area contributed by atoms with Crippen LogP contribution in [-0.4, -0.2) is 15.7 Å². The van der Waals surface area contributed by atoms with Crippen molar-refractivity contribution >= 4 is 11.6 Å². The van der Waals surface area contributed by atoms with Crippen LogP contribution in [0.1, 0.15) is 11.1 Å². The van der Waals surface area contributed by atoms with Crippen LogP contribution in [0.2, 0.25) is 0 Å². The van der Waals surface area contributed by atoms with E-state index in [1.807, 2.05) is 18.2 Å². The van der Waals surface area contributed by atoms with Gasteiger partial charge in [0.1, 0.15) is 0 Å². The maximum Gasteiger partial charge on any atom is 0.271 e. The molecule has 19 heavy (non-hydrogen) atoms. The van der Waals surface area contributed by atoms with Crippen LogP contribution in [0.4, 0.5) is 5.69 Å². The number of benzene rings is 1. The largest absolute Gasteiger partial charge is 0.326 e. The summed E-state index contributed by atoms with van der Waals surface area (Å²) in [5, 5.41) is 5.78. The third kappa shape index (κ3) is 1.77. The minimum Gasteiger partial charge on any atom is -0.326 e. The highest BCUT2D eigenvalue weighted by atomic mass is 16.2. The molecule has 2 aromatic rings. The molecule has 0 spiro atoms. The van der Waals surface area contributed by atoms with Crippen molar-refractivity contribution in [3.05, 3.63) is 39.7 Å². The number of amides is 1. The number of anilines is 1. The standard InChI is InChI=1S/C13H14N4O2/c1-17-13(19)9(6-14)12(16-17)7-2-3-10-8(4-7)5-11(18)15-10/h2-4,16H,5-6,14H2,1H3,(H,15,18). The summed E-state index contributed by atoms with van der Waals surface area (Å²) in [6.07, 6.45) is 0.373. The second-order valence-corrected chi connectivity index (χ2v) is 4.63. The number of hydrogen-bond acceptors (Lipinski definition) is 3. The van der Waals surface area contributed by atoms with Gasteiger partial charge in [-0.05, 0) is 17.7 Å². The van der Waals surface area contributed by atoms with Crippen molar-refractivity contribution in [2.45, 2.75) is 13.0 Å². The molecule has 0 unspecified atom stereocenters. The van der Waals surface area contributed by atoms with Crippen molar-refractivity contribution < 1.29 is 4.79 Å². The average Bonchev–Trinajstić information content (AvgIpc) is 2.89. The molecule has 0 fully saturated rings. The minimum absolute atomic E-state index is 0.00671. The van der Waals surface area contributed by atoms with Gasteiger partial charge < -0.3 is 11.1 Å². The lowest BCUT2D eigenvalue weighted by molar-refractivity contribution is -0.115. The molecule has 6 nitrogen and oxygen atoms in total. The number of rotatable bonds is 2. The van der Waals surface area contributed by atoms with Gasteiger partial charge in [-0.25, -0.2) is 0 Å². The molecule has 0 atom stereocenters. The van der Waals surface area contributed by atoms with Crippen molar-refractivity contribution in [1.82, 2.24) is 9.78 Å². The van der Waals surface area contributed by atoms with Gasteiger partial charge in [0.15, 0.2) is 0 Å². The van der Waals surface area contributed by atoms with Crippen molar-refractivity contribution in [2.75, 3.05) is 5.32 Å². The molecule has 4 N–H and O–H groups in total. The monoisotopic (exact) mass is 258 g/mol. The number of H-pyrrole nitrogens is 1. The van der Waals surface area contributed by atoms with E-state index in [1.165, 1.54) is 4.68 Å². The fourth-order valence-corrected chi connectivity index (χ4v) is 2.41. The fraction of sp³-hybridized carbons (Fsp3) is 0.231. The van der Waals surface area contributed by atoms with Gasteiger partial charge in [-0.2, -0.15) is 0 Å². The Hall–Kier alpha value is -2.34. The second kappa shape index (κ2) is 4.10. The summed E-state index contributed by atoms with van der Waals surface area (Å²) in [5.41, 5.74) is 9.44. The number of fused-ring (bicyclic) bond motifs is 1. The van der Waals surface area contributed by atoms with Crippen molar-refractivity contribution in [3.63, 3.8) is 0 Å². The van der Waals surface area contributed by atoms with Gasteiger partial charge in [-0.3, -0.25) is 19.4 Å². The highest BCUT2D eigenvalue weighted by Crippen LogP contribution is 2.28. The summed E-state index contributed by atoms with van der Waals surface area (Å²) in [6.45, 7) is 0.180. The Labute approximate surface area is 109 Å². The summed E-state index contributed by atoms with van der Waals surface area (Å²) < 4.78 is 1.41. The number of aryl methyl sites for hydroxylation is 1. The normalized spacial score (nSPS) is 13.5. The molecule has 1 aromatic carbocycles. The molecule has 1 aliphatic heterocycles. The molecule has 3 rings (SSSR count). The SMILES string of the molecule is Cn1[nH]c(-c2ccc3c(c2)CC(=O)N3)c(CN)c1=O. The number of nitrogens with two attached hydrogens (primary N) is 1. The predicted molar refractivity (Wildman–Crippen MR) is 71.7 cm³/mol. The fourth-order valence-electron chi connectivity index (χ4n) is 2.41. The Morgan fingerprint density at radius 3 is 2.89 bits per heavy atom. The number of nitrogens with one attached hydrogen (secondary N) is 2. The minimum atomic E-state index is -0.118. The summed E-state index contributed by atoms with van der Waals surface area (Å²) >= 11 is 0. The third-order valence-corrected chi connectivity index (χ3v) is 3.37. The van der Waals surface area contributed by atoms with Crippen LogP contribution < -0.4 is 16.6 Å². The molecule has 1 aromatic heterocycles. The first-order valence-electron chi connectivity index (χ1n) is 6.01. The summed E-state index contributed by atoms with van der Waals surface area (Å²) in [7, 11) is 1.66. The van der Waals surface area contributed by atoms with Crippen LogP contribution >= 0.6 is 0 Å². The first kappa shape index (κ1) is 11.7. The quantitative estimate of drug-likeness (QED) is 0.725. The smallest absolute Gasteiger partial charge is 0.271 e. The highest BCUT2D eigenvalue weighted by molar-refractivity contribution is 5.99. The summed E-state index contributed by atoms with van der Waals surface area (Å²) in [4.78, 5) is 23.2. The van der Waals surface area contributed by atoms with Gasteiger partial charge in [0.2, 0.25) is 5.91 Å². The number of hydrogen-bond donors (Lipinski definition) is 3. The molecule has 1 aliphatic rings. The Morgan fingerprint density at radius 1 is 1.37 bits per heavy atom. The molecule has 2 heterocycles. The van der Waals surface area contributed by atoms with Gasteiger partial charge in [0.25, 0.3) is 5.56 Å². The highest BCUT2D eigenvalue weighted by Gasteiger charge is 2.19. The number of carbonyl (C=O) groups is 1. The zero-order valence-electron chi connectivity index (χ0n) is 10.5. The van der Waals surface area contributed by atoms with Gasteiger partial charge in [0, 0.05) is 24.8 Å². The Bertz CT molecular complexity index is 727. The van der Waals surface area contributed by atoms with Crippen LogP contribution in [0.25, 0.3) is 11.3 Å². The van der Waals surface area contributed by atoms with Crippen LogP contribution in [0.3, 0.4) is 0 Å². The predicted octanol–water partition coefficient (Wildman–Crippen LogP) is 0.334. The van der Waals surface area contributed by atoms with Crippen LogP contribution in [0.15, 0.2) is 23.0 Å². The van der Waals surface area contributed by atoms with E-state index in [0.29, 0.717) is 12.0 Å². The van der Waals surface area contributed by atoms with Crippen molar-refractivity contribution in [1.29, 1.82) is 0 Å². The third-order valence-electron chi connectivity index (χ3n) is 3.37. The zero-order valence-corrected chi connectivity index (χ0v) is 10.5. The molecular weight excluding hydrogens is 244 g/mol. The van der Waals surface area contributed by atoms with E-state index in [9.17, 15) is 9.59 Å². The lowest BCUT2D eigenvalue weighted by Crippen LogP contribution is -2.17. The van der Waals surface area contributed by atoms with Crippen molar-refractivity contribution in [2.24, 2.45) is 12.8 Å². The van der Waals surface area contributed by atoms with Gasteiger partial charge in [0.05, 0.1) is 17.7 Å². The molecular formula is C13H14N4O2. The van der Waals surface area contributed by atoms with E-state index in [4.69, 9.17) is 5.73 Å². The first-order chi connectivity index (χ1) is 9.10. The summed E-state index contributed by atoms with van der Waals surface area (Å²) in [6, 6.07) is 5.63. The number of aromatic nitrogens is 2. The zero-order chi connectivity index (χ0) is 13.6. The Morgan fingerprint density at radius 2 is 2.16 bits per heavy atom. The van der Waals surface area contributed by atoms with Gasteiger partial charge in [-0.15, -0.1) is 0 Å². The van der Waals surface area contributed by atoms with E-state index < -0.39 is 0 Å². The lowest BCUT2D eigenvalue weighted by Gasteiger charge is -2.04. The van der Waals surface area contributed by atoms with E-state index >= 15 is 0 Å². The molecule has 0 saturated heterocycles. The van der Waals surface area contributed by atoms with E-state index in [-0.39, 0.29) is 18.0 Å². The second-order valence-electron chi connectivity index (χ2n) is 4.63. The Kier molecular flexibility index (Phi) is 2.53. The topological polar surface area (TPSA) is 92.9 Å². The van der Waals surface area contributed by atoms with Crippen LogP contribution in [0, 0.1) is 0 Å². The number of carbonyl (C=O) groups excluding carboxylic acids is 1. The molecule has 0 saturated carbocycles. The molecule has 1 amide bonds. The van der Waals surface area contributed by atoms with Gasteiger partial charge >= 0.3 is 0 Å². The van der Waals surface area contributed by atoms with E-state index in [2.05, 4.69) is 10.4 Å².